The van der Waals surface area contributed by atoms with Crippen LogP contribution in [0.2, 0.25) is 0 Å². The van der Waals surface area contributed by atoms with Crippen molar-refractivity contribution in [3.63, 3.8) is 0 Å². The first-order valence-corrected chi connectivity index (χ1v) is 7.88. The number of hydrogen-bond acceptors (Lipinski definition) is 4. The van der Waals surface area contributed by atoms with E-state index in [2.05, 4.69) is 33.0 Å². The number of carbonyl (C=O) groups is 1. The third-order valence-electron chi connectivity index (χ3n) is 5.19. The average molecular weight is 298 g/mol. The van der Waals surface area contributed by atoms with Gasteiger partial charge in [0.15, 0.2) is 11.3 Å². The maximum atomic E-state index is 12.4. The second-order valence-electron chi connectivity index (χ2n) is 8.30. The van der Waals surface area contributed by atoms with Gasteiger partial charge in [-0.1, -0.05) is 6.92 Å². The number of aliphatic hydroxyl groups is 1. The fourth-order valence-corrected chi connectivity index (χ4v) is 4.13. The van der Waals surface area contributed by atoms with E-state index in [0.717, 1.165) is 12.8 Å². The highest BCUT2D eigenvalue weighted by Crippen LogP contribution is 2.44. The number of nitrogens with zero attached hydrogens (tertiary/aromatic N) is 1. The van der Waals surface area contributed by atoms with Crippen LogP contribution in [0.4, 0.5) is 4.79 Å². The molecular formula is C16H30N2O3. The van der Waals surface area contributed by atoms with Crippen molar-refractivity contribution < 1.29 is 14.6 Å². The minimum Gasteiger partial charge on any atom is -0.438 e. The van der Waals surface area contributed by atoms with Gasteiger partial charge >= 0.3 is 6.09 Å². The molecule has 2 saturated heterocycles. The Morgan fingerprint density at radius 2 is 1.67 bits per heavy atom. The summed E-state index contributed by atoms with van der Waals surface area (Å²) in [6.07, 6.45) is 1.77. The summed E-state index contributed by atoms with van der Waals surface area (Å²) >= 11 is 0. The van der Waals surface area contributed by atoms with E-state index in [1.54, 1.807) is 11.8 Å². The number of carbonyl (C=O) groups excluding carboxylic acids is 1. The van der Waals surface area contributed by atoms with Crippen LogP contribution in [0.5, 0.6) is 0 Å². The van der Waals surface area contributed by atoms with Crippen molar-refractivity contribution in [3.05, 3.63) is 0 Å². The highest BCUT2D eigenvalue weighted by Gasteiger charge is 2.61. The smallest absolute Gasteiger partial charge is 0.413 e. The Bertz CT molecular complexity index is 429. The van der Waals surface area contributed by atoms with Gasteiger partial charge in [0, 0.05) is 17.1 Å². The number of piperidine rings is 1. The Morgan fingerprint density at radius 3 is 2.05 bits per heavy atom. The first kappa shape index (κ1) is 16.6. The number of rotatable bonds is 2. The summed E-state index contributed by atoms with van der Waals surface area (Å²) in [7, 11) is 0. The molecule has 0 spiro atoms. The summed E-state index contributed by atoms with van der Waals surface area (Å²) in [5, 5.41) is 14.6. The molecule has 0 aromatic carbocycles. The molecule has 2 heterocycles. The van der Waals surface area contributed by atoms with Crippen molar-refractivity contribution >= 4 is 6.09 Å². The molecule has 2 fully saturated rings. The van der Waals surface area contributed by atoms with E-state index < -0.39 is 17.4 Å². The zero-order valence-electron chi connectivity index (χ0n) is 14.4. The summed E-state index contributed by atoms with van der Waals surface area (Å²) in [4.78, 5) is 14.0. The minimum atomic E-state index is -1.28. The standard InChI is InChI=1S/C16H30N2O3/c1-8-15(6)16(7,20)18(12(19)21-15)11-9-13(2,3)17-14(4,5)10-11/h11,17,20H,8-10H2,1-7H3/t15-,16+/m1/s1. The van der Waals surface area contributed by atoms with E-state index in [1.165, 1.54) is 0 Å². The molecule has 2 rings (SSSR count). The zero-order valence-corrected chi connectivity index (χ0v) is 14.4. The largest absolute Gasteiger partial charge is 0.438 e. The first-order valence-electron chi connectivity index (χ1n) is 7.88. The Balaban J connectivity index is 2.35. The maximum Gasteiger partial charge on any atom is 0.413 e. The summed E-state index contributed by atoms with van der Waals surface area (Å²) < 4.78 is 5.53. The van der Waals surface area contributed by atoms with E-state index in [4.69, 9.17) is 4.74 Å². The van der Waals surface area contributed by atoms with Gasteiger partial charge in [-0.25, -0.2) is 4.79 Å². The van der Waals surface area contributed by atoms with Crippen molar-refractivity contribution in [1.29, 1.82) is 0 Å². The molecular weight excluding hydrogens is 268 g/mol. The van der Waals surface area contributed by atoms with Crippen LogP contribution in [0.1, 0.15) is 67.7 Å². The minimum absolute atomic E-state index is 0.0351. The predicted molar refractivity (Wildman–Crippen MR) is 82.0 cm³/mol. The quantitative estimate of drug-likeness (QED) is 0.822. The number of ether oxygens (including phenoxy) is 1. The van der Waals surface area contributed by atoms with E-state index in [9.17, 15) is 9.90 Å². The molecule has 5 nitrogen and oxygen atoms in total. The summed E-state index contributed by atoms with van der Waals surface area (Å²) in [6.45, 7) is 14.0. The van der Waals surface area contributed by atoms with Gasteiger partial charge < -0.3 is 15.2 Å². The molecule has 21 heavy (non-hydrogen) atoms. The van der Waals surface area contributed by atoms with Gasteiger partial charge in [0.2, 0.25) is 0 Å². The number of cyclic esters (lactones) is 1. The molecule has 1 amide bonds. The highest BCUT2D eigenvalue weighted by atomic mass is 16.6. The van der Waals surface area contributed by atoms with Crippen LogP contribution >= 0.6 is 0 Å². The van der Waals surface area contributed by atoms with Crippen LogP contribution in [0.15, 0.2) is 0 Å². The number of amides is 1. The molecule has 0 aromatic rings. The Morgan fingerprint density at radius 1 is 1.19 bits per heavy atom. The molecule has 2 atom stereocenters. The maximum absolute atomic E-state index is 12.4. The first-order chi connectivity index (χ1) is 9.34. The summed E-state index contributed by atoms with van der Waals surface area (Å²) in [5.74, 6) is 0. The molecule has 2 aliphatic heterocycles. The third-order valence-corrected chi connectivity index (χ3v) is 5.19. The molecule has 0 bridgehead atoms. The van der Waals surface area contributed by atoms with Crippen molar-refractivity contribution in [2.75, 3.05) is 0 Å². The second kappa shape index (κ2) is 4.59. The molecule has 0 aromatic heterocycles. The van der Waals surface area contributed by atoms with Crippen LogP contribution in [-0.4, -0.2) is 44.5 Å². The van der Waals surface area contributed by atoms with Crippen LogP contribution in [0.3, 0.4) is 0 Å². The molecule has 0 aliphatic carbocycles. The van der Waals surface area contributed by atoms with Gasteiger partial charge in [-0.2, -0.15) is 0 Å². The van der Waals surface area contributed by atoms with Crippen molar-refractivity contribution in [2.45, 2.75) is 96.2 Å². The van der Waals surface area contributed by atoms with E-state index in [-0.39, 0.29) is 17.1 Å². The molecule has 0 unspecified atom stereocenters. The fourth-order valence-electron chi connectivity index (χ4n) is 4.13. The van der Waals surface area contributed by atoms with Crippen molar-refractivity contribution in [3.8, 4) is 0 Å². The van der Waals surface area contributed by atoms with Crippen molar-refractivity contribution in [2.24, 2.45) is 0 Å². The molecule has 5 heteroatoms. The molecule has 2 N–H and O–H groups in total. The normalized spacial score (nSPS) is 39.4. The Labute approximate surface area is 128 Å². The lowest BCUT2D eigenvalue weighted by molar-refractivity contribution is -0.153. The van der Waals surface area contributed by atoms with Gasteiger partial charge in [0.05, 0.1) is 0 Å². The topological polar surface area (TPSA) is 61.8 Å². The van der Waals surface area contributed by atoms with E-state index in [1.807, 2.05) is 13.8 Å². The Kier molecular flexibility index (Phi) is 3.62. The van der Waals surface area contributed by atoms with Crippen LogP contribution < -0.4 is 5.32 Å². The molecule has 0 radical (unpaired) electrons. The second-order valence-corrected chi connectivity index (χ2v) is 8.30. The number of nitrogens with one attached hydrogen (secondary N) is 1. The average Bonchev–Trinajstić information content (AvgIpc) is 2.40. The van der Waals surface area contributed by atoms with Crippen LogP contribution in [0, 0.1) is 0 Å². The van der Waals surface area contributed by atoms with Crippen molar-refractivity contribution in [1.82, 2.24) is 10.2 Å². The molecule has 2 aliphatic rings. The SMILES string of the molecule is CC[C@@]1(C)OC(=O)N(C2CC(C)(C)NC(C)(C)C2)[C@@]1(C)O. The molecule has 0 saturated carbocycles. The third kappa shape index (κ3) is 2.66. The van der Waals surface area contributed by atoms with E-state index >= 15 is 0 Å². The summed E-state index contributed by atoms with van der Waals surface area (Å²) in [5.41, 5.74) is -2.32. The van der Waals surface area contributed by atoms with Gasteiger partial charge in [0.1, 0.15) is 0 Å². The van der Waals surface area contributed by atoms with Gasteiger partial charge in [-0.15, -0.1) is 0 Å². The summed E-state index contributed by atoms with van der Waals surface area (Å²) in [6, 6.07) is -0.0351. The molecule has 122 valence electrons. The van der Waals surface area contributed by atoms with E-state index in [0.29, 0.717) is 6.42 Å². The predicted octanol–water partition coefficient (Wildman–Crippen LogP) is 2.63. The van der Waals surface area contributed by atoms with Gasteiger partial charge in [0.25, 0.3) is 0 Å². The van der Waals surface area contributed by atoms with Crippen LogP contribution in [0.25, 0.3) is 0 Å². The number of hydrogen-bond donors (Lipinski definition) is 2. The van der Waals surface area contributed by atoms with Gasteiger partial charge in [-0.3, -0.25) is 4.90 Å². The monoisotopic (exact) mass is 298 g/mol. The lowest BCUT2D eigenvalue weighted by Crippen LogP contribution is -2.66. The zero-order chi connectivity index (χ0) is 16.3. The lowest BCUT2D eigenvalue weighted by Gasteiger charge is -2.51. The fraction of sp³-hybridized carbons (Fsp3) is 0.938. The van der Waals surface area contributed by atoms with Gasteiger partial charge in [-0.05, 0) is 60.8 Å². The highest BCUT2D eigenvalue weighted by molar-refractivity contribution is 5.72. The Hall–Kier alpha value is -0.810. The lowest BCUT2D eigenvalue weighted by atomic mass is 9.77. The van der Waals surface area contributed by atoms with Crippen LogP contribution in [-0.2, 0) is 4.74 Å².